The van der Waals surface area contributed by atoms with E-state index in [4.69, 9.17) is 5.11 Å². The van der Waals surface area contributed by atoms with Gasteiger partial charge in [-0.05, 0) is 50.8 Å². The molecule has 0 atom stereocenters. The molecule has 1 saturated carbocycles. The van der Waals surface area contributed by atoms with Crippen LogP contribution in [-0.2, 0) is 4.79 Å². The van der Waals surface area contributed by atoms with E-state index in [9.17, 15) is 9.59 Å². The highest BCUT2D eigenvalue weighted by molar-refractivity contribution is 9.13. The van der Waals surface area contributed by atoms with E-state index < -0.39 is 5.97 Å². The average molecular weight is 383 g/mol. The Bertz CT molecular complexity index is 451. The summed E-state index contributed by atoms with van der Waals surface area (Å²) in [7, 11) is 0. The average Bonchev–Trinajstić information content (AvgIpc) is 3.02. The number of aliphatic carboxylic acids is 1. The van der Waals surface area contributed by atoms with E-state index >= 15 is 0 Å². The predicted octanol–water partition coefficient (Wildman–Crippen LogP) is 2.96. The molecule has 1 aromatic heterocycles. The summed E-state index contributed by atoms with van der Waals surface area (Å²) >= 11 is 7.94. The number of carboxylic acid groups (broad SMARTS) is 1. The normalized spacial score (nSPS) is 14.7. The Balaban J connectivity index is 2.18. The topological polar surface area (TPSA) is 57.6 Å². The van der Waals surface area contributed by atoms with Crippen molar-refractivity contribution in [3.8, 4) is 0 Å². The summed E-state index contributed by atoms with van der Waals surface area (Å²) in [6.07, 6.45) is 1.79. The second kappa shape index (κ2) is 5.07. The van der Waals surface area contributed by atoms with Crippen molar-refractivity contribution >= 4 is 55.1 Å². The molecule has 4 nitrogen and oxygen atoms in total. The molecule has 1 aliphatic rings. The van der Waals surface area contributed by atoms with Crippen LogP contribution in [0, 0.1) is 0 Å². The highest BCUT2D eigenvalue weighted by atomic mass is 79.9. The molecule has 92 valence electrons. The molecule has 7 heteroatoms. The van der Waals surface area contributed by atoms with Crippen molar-refractivity contribution in [2.75, 3.05) is 6.54 Å². The van der Waals surface area contributed by atoms with Crippen LogP contribution in [0.25, 0.3) is 0 Å². The van der Waals surface area contributed by atoms with Gasteiger partial charge >= 0.3 is 5.97 Å². The Labute approximate surface area is 119 Å². The van der Waals surface area contributed by atoms with Crippen molar-refractivity contribution in [1.29, 1.82) is 0 Å². The van der Waals surface area contributed by atoms with Gasteiger partial charge in [0.25, 0.3) is 5.91 Å². The van der Waals surface area contributed by atoms with Crippen molar-refractivity contribution < 1.29 is 14.7 Å². The lowest BCUT2D eigenvalue weighted by Crippen LogP contribution is -2.37. The predicted molar refractivity (Wildman–Crippen MR) is 71.4 cm³/mol. The second-order valence-corrected chi connectivity index (χ2v) is 7.01. The van der Waals surface area contributed by atoms with Gasteiger partial charge < -0.3 is 10.0 Å². The van der Waals surface area contributed by atoms with E-state index in [1.165, 1.54) is 16.2 Å². The minimum Gasteiger partial charge on any atom is -0.480 e. The Morgan fingerprint density at radius 3 is 2.53 bits per heavy atom. The summed E-state index contributed by atoms with van der Waals surface area (Å²) in [6.45, 7) is -0.226. The molecule has 1 heterocycles. The van der Waals surface area contributed by atoms with Crippen molar-refractivity contribution in [3.05, 3.63) is 19.2 Å². The third kappa shape index (κ3) is 3.08. The standard InChI is InChI=1S/C10H9Br2NO3S/c11-6-3-7(17-9(6)12)10(16)13(4-8(14)15)5-1-2-5/h3,5H,1-2,4H2,(H,14,15). The van der Waals surface area contributed by atoms with Crippen LogP contribution in [0.2, 0.25) is 0 Å². The number of nitrogens with zero attached hydrogens (tertiary/aromatic N) is 1. The van der Waals surface area contributed by atoms with E-state index in [0.29, 0.717) is 4.88 Å². The minimum absolute atomic E-state index is 0.0956. The molecular formula is C10H9Br2NO3S. The van der Waals surface area contributed by atoms with Crippen LogP contribution >= 0.6 is 43.2 Å². The number of halogens is 2. The molecule has 1 amide bonds. The number of hydrogen-bond acceptors (Lipinski definition) is 3. The molecule has 0 aromatic carbocycles. The quantitative estimate of drug-likeness (QED) is 0.870. The molecule has 2 rings (SSSR count). The fourth-order valence-electron chi connectivity index (χ4n) is 1.49. The van der Waals surface area contributed by atoms with Crippen LogP contribution in [0.5, 0.6) is 0 Å². The molecule has 17 heavy (non-hydrogen) atoms. The molecule has 1 aromatic rings. The molecule has 0 bridgehead atoms. The van der Waals surface area contributed by atoms with E-state index in [1.807, 2.05) is 0 Å². The van der Waals surface area contributed by atoms with Crippen LogP contribution in [0.3, 0.4) is 0 Å². The van der Waals surface area contributed by atoms with Crippen LogP contribution in [0.15, 0.2) is 14.3 Å². The van der Waals surface area contributed by atoms with Gasteiger partial charge in [0.05, 0.1) is 8.66 Å². The molecule has 1 fully saturated rings. The first-order valence-electron chi connectivity index (χ1n) is 4.96. The molecule has 1 N–H and O–H groups in total. The first-order chi connectivity index (χ1) is 7.99. The van der Waals surface area contributed by atoms with Gasteiger partial charge in [-0.25, -0.2) is 0 Å². The number of thiophene rings is 1. The van der Waals surface area contributed by atoms with Gasteiger partial charge in [-0.3, -0.25) is 9.59 Å². The molecule has 0 saturated heterocycles. The number of hydrogen-bond donors (Lipinski definition) is 1. The monoisotopic (exact) mass is 381 g/mol. The SMILES string of the molecule is O=C(O)CN(C(=O)c1cc(Br)c(Br)s1)C1CC1. The lowest BCUT2D eigenvalue weighted by Gasteiger charge is -2.19. The summed E-state index contributed by atoms with van der Waals surface area (Å²) in [5, 5.41) is 8.81. The van der Waals surface area contributed by atoms with Crippen molar-refractivity contribution in [2.45, 2.75) is 18.9 Å². The van der Waals surface area contributed by atoms with Gasteiger partial charge in [0.15, 0.2) is 0 Å². The highest BCUT2D eigenvalue weighted by Gasteiger charge is 2.35. The lowest BCUT2D eigenvalue weighted by atomic mass is 10.3. The molecule has 0 unspecified atom stereocenters. The fraction of sp³-hybridized carbons (Fsp3) is 0.400. The Morgan fingerprint density at radius 2 is 2.12 bits per heavy atom. The number of amides is 1. The summed E-state index contributed by atoms with van der Waals surface area (Å²) in [5.41, 5.74) is 0. The van der Waals surface area contributed by atoms with Crippen molar-refractivity contribution in [2.24, 2.45) is 0 Å². The zero-order valence-corrected chi connectivity index (χ0v) is 12.6. The highest BCUT2D eigenvalue weighted by Crippen LogP contribution is 2.35. The smallest absolute Gasteiger partial charge is 0.323 e. The van der Waals surface area contributed by atoms with Crippen LogP contribution in [-0.4, -0.2) is 34.5 Å². The van der Waals surface area contributed by atoms with Gasteiger partial charge in [-0.1, -0.05) is 0 Å². The van der Waals surface area contributed by atoms with Gasteiger partial charge in [0.1, 0.15) is 6.54 Å². The first kappa shape index (κ1) is 13.0. The molecule has 0 radical (unpaired) electrons. The van der Waals surface area contributed by atoms with Gasteiger partial charge in [-0.15, -0.1) is 11.3 Å². The zero-order chi connectivity index (χ0) is 12.6. The van der Waals surface area contributed by atoms with Gasteiger partial charge in [-0.2, -0.15) is 0 Å². The second-order valence-electron chi connectivity index (χ2n) is 3.79. The third-order valence-corrected chi connectivity index (χ3v) is 5.65. The largest absolute Gasteiger partial charge is 0.480 e. The number of carboxylic acids is 1. The first-order valence-corrected chi connectivity index (χ1v) is 7.37. The van der Waals surface area contributed by atoms with Crippen LogP contribution < -0.4 is 0 Å². The van der Waals surface area contributed by atoms with E-state index in [2.05, 4.69) is 31.9 Å². The van der Waals surface area contributed by atoms with E-state index in [1.54, 1.807) is 6.07 Å². The van der Waals surface area contributed by atoms with Gasteiger partial charge in [0, 0.05) is 10.5 Å². The summed E-state index contributed by atoms with van der Waals surface area (Å²) in [5.74, 6) is -1.17. The Hall–Kier alpha value is -0.400. The van der Waals surface area contributed by atoms with E-state index in [0.717, 1.165) is 21.1 Å². The molecule has 0 spiro atoms. The maximum atomic E-state index is 12.2. The van der Waals surface area contributed by atoms with Crippen LogP contribution in [0.4, 0.5) is 0 Å². The molecular weight excluding hydrogens is 374 g/mol. The zero-order valence-electron chi connectivity index (χ0n) is 8.65. The lowest BCUT2D eigenvalue weighted by molar-refractivity contribution is -0.137. The van der Waals surface area contributed by atoms with Crippen molar-refractivity contribution in [3.63, 3.8) is 0 Å². The summed E-state index contributed by atoms with van der Waals surface area (Å²) in [6, 6.07) is 1.81. The molecule has 1 aliphatic carbocycles. The van der Waals surface area contributed by atoms with Crippen LogP contribution in [0.1, 0.15) is 22.5 Å². The third-order valence-electron chi connectivity index (χ3n) is 2.41. The number of carbonyl (C=O) groups is 2. The summed E-state index contributed by atoms with van der Waals surface area (Å²) in [4.78, 5) is 24.9. The van der Waals surface area contributed by atoms with Gasteiger partial charge in [0.2, 0.25) is 0 Å². The Morgan fingerprint density at radius 1 is 1.47 bits per heavy atom. The maximum absolute atomic E-state index is 12.2. The number of rotatable bonds is 4. The van der Waals surface area contributed by atoms with E-state index in [-0.39, 0.29) is 18.5 Å². The maximum Gasteiger partial charge on any atom is 0.323 e. The fourth-order valence-corrected chi connectivity index (χ4v) is 3.48. The Kier molecular flexibility index (Phi) is 3.89. The minimum atomic E-state index is -0.972. The summed E-state index contributed by atoms with van der Waals surface area (Å²) < 4.78 is 1.66. The number of carbonyl (C=O) groups excluding carboxylic acids is 1. The molecule has 0 aliphatic heterocycles. The van der Waals surface area contributed by atoms with Crippen molar-refractivity contribution in [1.82, 2.24) is 4.90 Å².